The van der Waals surface area contributed by atoms with Crippen LogP contribution in [0.25, 0.3) is 11.1 Å². The smallest absolute Gasteiger partial charge is 0.159 e. The molecule has 2 aromatic rings. The van der Waals surface area contributed by atoms with Crippen LogP contribution < -0.4 is 0 Å². The van der Waals surface area contributed by atoms with E-state index in [0.29, 0.717) is 16.7 Å². The molecule has 0 unspecified atom stereocenters. The zero-order valence-electron chi connectivity index (χ0n) is 8.77. The van der Waals surface area contributed by atoms with Gasteiger partial charge in [0.25, 0.3) is 0 Å². The van der Waals surface area contributed by atoms with Crippen LogP contribution in [0.2, 0.25) is 0 Å². The first-order chi connectivity index (χ1) is 7.68. The minimum Gasteiger partial charge on any atom is -0.295 e. The number of ketones is 1. The van der Waals surface area contributed by atoms with Crippen molar-refractivity contribution in [3.8, 4) is 11.1 Å². The van der Waals surface area contributed by atoms with Crippen molar-refractivity contribution < 1.29 is 9.18 Å². The molecule has 1 heterocycles. The molecule has 0 N–H and O–H groups in total. The van der Waals surface area contributed by atoms with E-state index >= 15 is 0 Å². The van der Waals surface area contributed by atoms with Crippen molar-refractivity contribution in [2.75, 3.05) is 0 Å². The average molecular weight is 215 g/mol. The van der Waals surface area contributed by atoms with Crippen molar-refractivity contribution >= 4 is 5.78 Å². The Morgan fingerprint density at radius 2 is 2.12 bits per heavy atom. The first kappa shape index (κ1) is 10.5. The van der Waals surface area contributed by atoms with Gasteiger partial charge in [0.1, 0.15) is 5.82 Å². The Labute approximate surface area is 92.8 Å². The monoisotopic (exact) mass is 215 g/mol. The van der Waals surface area contributed by atoms with E-state index < -0.39 is 0 Å². The van der Waals surface area contributed by atoms with Crippen LogP contribution in [0.5, 0.6) is 0 Å². The highest BCUT2D eigenvalue weighted by molar-refractivity contribution is 5.95. The third kappa shape index (κ3) is 1.98. The third-order valence-electron chi connectivity index (χ3n) is 2.35. The predicted molar refractivity (Wildman–Crippen MR) is 59.6 cm³/mol. The van der Waals surface area contributed by atoms with Crippen LogP contribution >= 0.6 is 0 Å². The molecule has 0 atom stereocenters. The van der Waals surface area contributed by atoms with Crippen LogP contribution in [-0.4, -0.2) is 10.8 Å². The number of aromatic nitrogens is 1. The normalized spacial score (nSPS) is 10.1. The number of nitrogens with zero attached hydrogens (tertiary/aromatic N) is 1. The van der Waals surface area contributed by atoms with Crippen LogP contribution in [0.15, 0.2) is 42.7 Å². The lowest BCUT2D eigenvalue weighted by Crippen LogP contribution is -1.94. The van der Waals surface area contributed by atoms with E-state index in [9.17, 15) is 9.18 Å². The molecule has 80 valence electrons. The molecule has 0 saturated carbocycles. The highest BCUT2D eigenvalue weighted by Gasteiger charge is 2.08. The molecule has 0 radical (unpaired) electrons. The average Bonchev–Trinajstić information content (AvgIpc) is 2.30. The van der Waals surface area contributed by atoms with Crippen LogP contribution in [0.1, 0.15) is 17.3 Å². The van der Waals surface area contributed by atoms with Crippen molar-refractivity contribution in [2.24, 2.45) is 0 Å². The second-order valence-corrected chi connectivity index (χ2v) is 3.49. The van der Waals surface area contributed by atoms with Gasteiger partial charge >= 0.3 is 0 Å². The van der Waals surface area contributed by atoms with Gasteiger partial charge in [-0.3, -0.25) is 9.78 Å². The molecular weight excluding hydrogens is 205 g/mol. The first-order valence-corrected chi connectivity index (χ1v) is 4.89. The summed E-state index contributed by atoms with van der Waals surface area (Å²) in [7, 11) is 0. The zero-order chi connectivity index (χ0) is 11.5. The Balaban J connectivity index is 2.56. The summed E-state index contributed by atoms with van der Waals surface area (Å²) in [5, 5.41) is 0. The van der Waals surface area contributed by atoms with Crippen molar-refractivity contribution in [1.82, 2.24) is 4.98 Å². The second-order valence-electron chi connectivity index (χ2n) is 3.49. The predicted octanol–water partition coefficient (Wildman–Crippen LogP) is 3.09. The molecular formula is C13H10FNO. The molecule has 16 heavy (non-hydrogen) atoms. The molecule has 0 saturated heterocycles. The summed E-state index contributed by atoms with van der Waals surface area (Å²) in [6, 6.07) is 7.83. The summed E-state index contributed by atoms with van der Waals surface area (Å²) >= 11 is 0. The molecule has 1 aromatic heterocycles. The number of carbonyl (C=O) groups excluding carboxylic acids is 1. The van der Waals surface area contributed by atoms with E-state index in [1.807, 2.05) is 0 Å². The van der Waals surface area contributed by atoms with Gasteiger partial charge < -0.3 is 0 Å². The number of hydrogen-bond donors (Lipinski definition) is 0. The number of benzene rings is 1. The van der Waals surface area contributed by atoms with Gasteiger partial charge in [0.05, 0.1) is 0 Å². The quantitative estimate of drug-likeness (QED) is 0.720. The Bertz CT molecular complexity index is 523. The number of hydrogen-bond acceptors (Lipinski definition) is 2. The Kier molecular flexibility index (Phi) is 2.77. The number of Topliss-reactive ketones (excluding diaryl/α,β-unsaturated/α-hetero) is 1. The molecule has 0 spiro atoms. The molecule has 0 bridgehead atoms. The van der Waals surface area contributed by atoms with Crippen molar-refractivity contribution in [3.63, 3.8) is 0 Å². The molecule has 0 aliphatic rings. The van der Waals surface area contributed by atoms with Crippen LogP contribution in [0.3, 0.4) is 0 Å². The molecule has 2 rings (SSSR count). The molecule has 2 nitrogen and oxygen atoms in total. The summed E-state index contributed by atoms with van der Waals surface area (Å²) in [6.45, 7) is 1.46. The molecule has 0 aliphatic carbocycles. The fraction of sp³-hybridized carbons (Fsp3) is 0.0769. The van der Waals surface area contributed by atoms with Crippen molar-refractivity contribution in [2.45, 2.75) is 6.92 Å². The van der Waals surface area contributed by atoms with E-state index in [-0.39, 0.29) is 11.6 Å². The molecule has 0 aliphatic heterocycles. The Morgan fingerprint density at radius 1 is 1.31 bits per heavy atom. The second kappa shape index (κ2) is 4.23. The van der Waals surface area contributed by atoms with Crippen LogP contribution in [0, 0.1) is 5.82 Å². The zero-order valence-corrected chi connectivity index (χ0v) is 8.77. The van der Waals surface area contributed by atoms with E-state index in [0.717, 1.165) is 0 Å². The van der Waals surface area contributed by atoms with E-state index in [1.165, 1.54) is 19.1 Å². The van der Waals surface area contributed by atoms with Gasteiger partial charge in [-0.25, -0.2) is 4.39 Å². The lowest BCUT2D eigenvalue weighted by atomic mass is 10.0. The highest BCUT2D eigenvalue weighted by atomic mass is 19.1. The summed E-state index contributed by atoms with van der Waals surface area (Å²) in [5.41, 5.74) is 1.57. The minimum absolute atomic E-state index is 0.0786. The lowest BCUT2D eigenvalue weighted by molar-refractivity contribution is 0.101. The van der Waals surface area contributed by atoms with Gasteiger partial charge in [-0.15, -0.1) is 0 Å². The van der Waals surface area contributed by atoms with Crippen LogP contribution in [0.4, 0.5) is 4.39 Å². The van der Waals surface area contributed by atoms with Gasteiger partial charge in [-0.05, 0) is 31.2 Å². The van der Waals surface area contributed by atoms with E-state index in [2.05, 4.69) is 4.98 Å². The Hall–Kier alpha value is -2.03. The summed E-state index contributed by atoms with van der Waals surface area (Å²) in [6.07, 6.45) is 3.19. The van der Waals surface area contributed by atoms with E-state index in [4.69, 9.17) is 0 Å². The first-order valence-electron chi connectivity index (χ1n) is 4.89. The molecule has 0 fully saturated rings. The number of pyridine rings is 1. The minimum atomic E-state index is -0.349. The maximum atomic E-state index is 13.6. The van der Waals surface area contributed by atoms with Gasteiger partial charge in [0.15, 0.2) is 5.78 Å². The van der Waals surface area contributed by atoms with E-state index in [1.54, 1.807) is 30.6 Å². The molecule has 0 amide bonds. The fourth-order valence-electron chi connectivity index (χ4n) is 1.49. The largest absolute Gasteiger partial charge is 0.295 e. The van der Waals surface area contributed by atoms with Gasteiger partial charge in [-0.2, -0.15) is 0 Å². The van der Waals surface area contributed by atoms with Gasteiger partial charge in [0.2, 0.25) is 0 Å². The van der Waals surface area contributed by atoms with Crippen LogP contribution in [-0.2, 0) is 0 Å². The standard InChI is InChI=1S/C13H10FNO/c1-9(16)10-4-5-13(14)12(7-10)11-3-2-6-15-8-11/h2-8H,1H3. The maximum absolute atomic E-state index is 13.6. The summed E-state index contributed by atoms with van der Waals surface area (Å²) in [5.74, 6) is -0.428. The van der Waals surface area contributed by atoms with Crippen molar-refractivity contribution in [1.29, 1.82) is 0 Å². The summed E-state index contributed by atoms with van der Waals surface area (Å²) < 4.78 is 13.6. The number of carbonyl (C=O) groups is 1. The van der Waals surface area contributed by atoms with Gasteiger partial charge in [0, 0.05) is 29.1 Å². The topological polar surface area (TPSA) is 30.0 Å². The van der Waals surface area contributed by atoms with Gasteiger partial charge in [-0.1, -0.05) is 6.07 Å². The Morgan fingerprint density at radius 3 is 2.75 bits per heavy atom. The highest BCUT2D eigenvalue weighted by Crippen LogP contribution is 2.23. The molecule has 3 heteroatoms. The lowest BCUT2D eigenvalue weighted by Gasteiger charge is -2.04. The third-order valence-corrected chi connectivity index (χ3v) is 2.35. The molecule has 1 aromatic carbocycles. The number of halogens is 1. The number of rotatable bonds is 2. The maximum Gasteiger partial charge on any atom is 0.159 e. The summed E-state index contributed by atoms with van der Waals surface area (Å²) in [4.78, 5) is 15.1. The SMILES string of the molecule is CC(=O)c1ccc(F)c(-c2cccnc2)c1. The van der Waals surface area contributed by atoms with Crippen molar-refractivity contribution in [3.05, 3.63) is 54.1 Å². The fourth-order valence-corrected chi connectivity index (χ4v) is 1.49.